The molecule has 1 N–H and O–H groups in total. The molecule has 2 aliphatic rings. The highest BCUT2D eigenvalue weighted by Crippen LogP contribution is 2.42. The fourth-order valence-corrected chi connectivity index (χ4v) is 4.07. The molecule has 4 nitrogen and oxygen atoms in total. The van der Waals surface area contributed by atoms with Crippen molar-refractivity contribution >= 4 is 0 Å². The van der Waals surface area contributed by atoms with E-state index in [0.717, 1.165) is 19.0 Å². The van der Waals surface area contributed by atoms with Crippen LogP contribution < -0.4 is 5.32 Å². The van der Waals surface area contributed by atoms with Crippen molar-refractivity contribution in [2.24, 2.45) is 13.0 Å². The molecule has 2 unspecified atom stereocenters. The molecule has 2 heterocycles. The second kappa shape index (κ2) is 6.49. The number of likely N-dealkylation sites (tertiary alicyclic amines) is 1. The van der Waals surface area contributed by atoms with Crippen LogP contribution in [-0.4, -0.2) is 40.9 Å². The van der Waals surface area contributed by atoms with Crippen LogP contribution in [0.15, 0.2) is 6.20 Å². The molecule has 0 bridgehead atoms. The third-order valence-corrected chi connectivity index (χ3v) is 5.12. The van der Waals surface area contributed by atoms with Crippen molar-refractivity contribution in [3.05, 3.63) is 17.5 Å². The topological polar surface area (TPSA) is 33.1 Å². The van der Waals surface area contributed by atoms with E-state index in [4.69, 9.17) is 5.10 Å². The minimum absolute atomic E-state index is 0.566. The van der Waals surface area contributed by atoms with E-state index in [9.17, 15) is 0 Å². The predicted molar refractivity (Wildman–Crippen MR) is 86.3 cm³/mol. The van der Waals surface area contributed by atoms with E-state index in [1.54, 1.807) is 0 Å². The van der Waals surface area contributed by atoms with Crippen molar-refractivity contribution in [3.63, 3.8) is 0 Å². The number of aryl methyl sites for hydroxylation is 2. The molecule has 1 aliphatic heterocycles. The molecule has 0 spiro atoms. The third kappa shape index (κ3) is 3.16. The normalized spacial score (nSPS) is 27.8. The van der Waals surface area contributed by atoms with Crippen molar-refractivity contribution in [1.29, 1.82) is 0 Å². The number of nitrogens with zero attached hydrogens (tertiary/aromatic N) is 3. The summed E-state index contributed by atoms with van der Waals surface area (Å²) in [6, 6.07) is 1.40. The van der Waals surface area contributed by atoms with E-state index in [-0.39, 0.29) is 0 Å². The lowest BCUT2D eigenvalue weighted by atomic mass is 9.88. The van der Waals surface area contributed by atoms with Gasteiger partial charge in [0.05, 0.1) is 5.69 Å². The summed E-state index contributed by atoms with van der Waals surface area (Å²) >= 11 is 0. The molecule has 0 aromatic carbocycles. The first-order valence-electron chi connectivity index (χ1n) is 8.67. The van der Waals surface area contributed by atoms with Crippen molar-refractivity contribution in [2.45, 2.75) is 57.5 Å². The molecule has 2 atom stereocenters. The summed E-state index contributed by atoms with van der Waals surface area (Å²) in [5.74, 6) is 0.715. The Morgan fingerprint density at radius 3 is 2.76 bits per heavy atom. The molecular formula is C17H30N4. The van der Waals surface area contributed by atoms with Crippen LogP contribution in [0.2, 0.25) is 0 Å². The Balaban J connectivity index is 1.96. The van der Waals surface area contributed by atoms with E-state index in [1.165, 1.54) is 49.9 Å². The van der Waals surface area contributed by atoms with Crippen LogP contribution in [-0.2, 0) is 13.5 Å². The van der Waals surface area contributed by atoms with Gasteiger partial charge < -0.3 is 5.32 Å². The summed E-state index contributed by atoms with van der Waals surface area (Å²) in [7, 11) is 4.15. The van der Waals surface area contributed by atoms with Crippen molar-refractivity contribution < 1.29 is 0 Å². The van der Waals surface area contributed by atoms with Crippen LogP contribution >= 0.6 is 0 Å². The van der Waals surface area contributed by atoms with E-state index >= 15 is 0 Å². The van der Waals surface area contributed by atoms with Gasteiger partial charge in [-0.25, -0.2) is 0 Å². The van der Waals surface area contributed by atoms with Gasteiger partial charge in [-0.05, 0) is 58.2 Å². The molecule has 1 saturated heterocycles. The Kier molecular flexibility index (Phi) is 4.65. The Morgan fingerprint density at radius 2 is 2.10 bits per heavy atom. The second-order valence-corrected chi connectivity index (χ2v) is 6.79. The molecular weight excluding hydrogens is 260 g/mol. The molecule has 2 fully saturated rings. The van der Waals surface area contributed by atoms with Crippen LogP contribution in [0.3, 0.4) is 0 Å². The minimum atomic E-state index is 0.566. The maximum atomic E-state index is 4.71. The van der Waals surface area contributed by atoms with Gasteiger partial charge in [-0.1, -0.05) is 13.3 Å². The van der Waals surface area contributed by atoms with Gasteiger partial charge in [0, 0.05) is 30.9 Å². The zero-order valence-corrected chi connectivity index (χ0v) is 13.8. The molecule has 3 rings (SSSR count). The smallest absolute Gasteiger partial charge is 0.0669 e. The molecule has 21 heavy (non-hydrogen) atoms. The molecule has 1 saturated carbocycles. The third-order valence-electron chi connectivity index (χ3n) is 5.12. The standard InChI is InChI=1S/C17H30N4/c1-4-16-15(12-20(3)19-16)17-13(11-18-2)7-5-6-10-21(17)14-8-9-14/h12-14,17-18H,4-11H2,1-3H3. The van der Waals surface area contributed by atoms with Crippen LogP contribution in [0, 0.1) is 5.92 Å². The quantitative estimate of drug-likeness (QED) is 0.904. The zero-order valence-electron chi connectivity index (χ0n) is 13.8. The summed E-state index contributed by atoms with van der Waals surface area (Å²) < 4.78 is 2.01. The highest BCUT2D eigenvalue weighted by molar-refractivity contribution is 5.24. The largest absolute Gasteiger partial charge is 0.319 e. The average Bonchev–Trinajstić information content (AvgIpc) is 3.25. The fourth-order valence-electron chi connectivity index (χ4n) is 4.07. The zero-order chi connectivity index (χ0) is 14.8. The van der Waals surface area contributed by atoms with E-state index < -0.39 is 0 Å². The van der Waals surface area contributed by atoms with Gasteiger partial charge in [-0.3, -0.25) is 9.58 Å². The molecule has 118 valence electrons. The highest BCUT2D eigenvalue weighted by atomic mass is 15.3. The van der Waals surface area contributed by atoms with Gasteiger partial charge in [0.2, 0.25) is 0 Å². The van der Waals surface area contributed by atoms with Crippen LogP contribution in [0.5, 0.6) is 0 Å². The first-order valence-corrected chi connectivity index (χ1v) is 8.67. The highest BCUT2D eigenvalue weighted by Gasteiger charge is 2.40. The number of hydrogen-bond acceptors (Lipinski definition) is 3. The number of rotatable bonds is 5. The molecule has 4 heteroatoms. The monoisotopic (exact) mass is 290 g/mol. The van der Waals surface area contributed by atoms with E-state index in [2.05, 4.69) is 37.4 Å². The summed E-state index contributed by atoms with van der Waals surface area (Å²) in [5.41, 5.74) is 2.80. The summed E-state index contributed by atoms with van der Waals surface area (Å²) in [6.45, 7) is 4.62. The van der Waals surface area contributed by atoms with E-state index in [1.807, 2.05) is 4.68 Å². The van der Waals surface area contributed by atoms with Gasteiger partial charge in [0.15, 0.2) is 0 Å². The lowest BCUT2D eigenvalue weighted by molar-refractivity contribution is 0.145. The lowest BCUT2D eigenvalue weighted by Gasteiger charge is -2.35. The SMILES string of the molecule is CCc1nn(C)cc1C1C(CNC)CCCCN1C1CC1. The minimum Gasteiger partial charge on any atom is -0.319 e. The van der Waals surface area contributed by atoms with Gasteiger partial charge in [0.25, 0.3) is 0 Å². The van der Waals surface area contributed by atoms with Gasteiger partial charge in [-0.2, -0.15) is 5.10 Å². The van der Waals surface area contributed by atoms with E-state index in [0.29, 0.717) is 12.0 Å². The lowest BCUT2D eigenvalue weighted by Crippen LogP contribution is -2.38. The van der Waals surface area contributed by atoms with Crippen molar-refractivity contribution in [1.82, 2.24) is 20.0 Å². The number of aromatic nitrogens is 2. The summed E-state index contributed by atoms with van der Waals surface area (Å²) in [5, 5.41) is 8.15. The first-order chi connectivity index (χ1) is 10.2. The Hall–Kier alpha value is -0.870. The Labute approximate surface area is 128 Å². The molecule has 0 amide bonds. The molecule has 1 aliphatic carbocycles. The summed E-state index contributed by atoms with van der Waals surface area (Å²) in [4.78, 5) is 2.81. The number of hydrogen-bond donors (Lipinski definition) is 1. The fraction of sp³-hybridized carbons (Fsp3) is 0.824. The van der Waals surface area contributed by atoms with Crippen molar-refractivity contribution in [2.75, 3.05) is 20.1 Å². The van der Waals surface area contributed by atoms with Crippen LogP contribution in [0.4, 0.5) is 0 Å². The number of nitrogens with one attached hydrogen (secondary N) is 1. The maximum Gasteiger partial charge on any atom is 0.0669 e. The Morgan fingerprint density at radius 1 is 1.29 bits per heavy atom. The summed E-state index contributed by atoms with van der Waals surface area (Å²) in [6.07, 6.45) is 10.2. The molecule has 1 aromatic rings. The van der Waals surface area contributed by atoms with Crippen LogP contribution in [0.25, 0.3) is 0 Å². The van der Waals surface area contributed by atoms with Crippen LogP contribution in [0.1, 0.15) is 56.3 Å². The first kappa shape index (κ1) is 15.0. The predicted octanol–water partition coefficient (Wildman–Crippen LogP) is 2.51. The van der Waals surface area contributed by atoms with Gasteiger partial charge in [-0.15, -0.1) is 0 Å². The van der Waals surface area contributed by atoms with Gasteiger partial charge in [0.1, 0.15) is 0 Å². The molecule has 0 radical (unpaired) electrons. The second-order valence-electron chi connectivity index (χ2n) is 6.79. The molecule has 1 aromatic heterocycles. The van der Waals surface area contributed by atoms with Gasteiger partial charge >= 0.3 is 0 Å². The van der Waals surface area contributed by atoms with Crippen molar-refractivity contribution in [3.8, 4) is 0 Å². The Bertz CT molecular complexity index is 463. The average molecular weight is 290 g/mol. The maximum absolute atomic E-state index is 4.71.